The molecule has 3 aromatic heterocycles. The predicted octanol–water partition coefficient (Wildman–Crippen LogP) is 7.87. The fraction of sp³-hybridized carbons (Fsp3) is 0.701. The summed E-state index contributed by atoms with van der Waals surface area (Å²) in [6, 6.07) is 9.55. The number of cyclic esters (lactones) is 1. The van der Waals surface area contributed by atoms with Crippen molar-refractivity contribution in [3.63, 3.8) is 0 Å². The van der Waals surface area contributed by atoms with Crippen LogP contribution in [0.25, 0.3) is 22.3 Å². The Bertz CT molecular complexity index is 4330. The third-order valence-corrected chi connectivity index (χ3v) is 25.5. The maximum Gasteiger partial charge on any atom is 0.329 e. The van der Waals surface area contributed by atoms with Crippen molar-refractivity contribution in [1.82, 2.24) is 40.2 Å². The number of Topliss-reactive ketones (excluding diaryl/α,β-unsaturated/α-hetero) is 3. The number of amides is 2. The summed E-state index contributed by atoms with van der Waals surface area (Å²) >= 11 is 0. The van der Waals surface area contributed by atoms with Crippen molar-refractivity contribution in [3.8, 4) is 11.3 Å². The van der Waals surface area contributed by atoms with E-state index < -0.39 is 95.4 Å². The number of fused-ring (bicyclic) bond motifs is 4. The average Bonchev–Trinajstić information content (AvgIpc) is 1.24. The Morgan fingerprint density at radius 1 is 0.644 bits per heavy atom. The number of nitrogens with one attached hydrogen (secondary N) is 1. The number of nitrogens with two attached hydrogens (primary N) is 1. The minimum absolute atomic E-state index is 0.0263. The quantitative estimate of drug-likeness (QED) is 0.0122. The number of nitrogens with zero attached hydrogens (tertiary/aromatic N) is 9. The van der Waals surface area contributed by atoms with Crippen LogP contribution in [0.3, 0.4) is 0 Å². The van der Waals surface area contributed by atoms with Gasteiger partial charge < -0.3 is 112 Å². The molecular formula is C97H147N11O24. The Labute approximate surface area is 777 Å². The number of allylic oxidation sites excluding steroid dienone is 6. The molecule has 2 amide bonds. The van der Waals surface area contributed by atoms with Crippen molar-refractivity contribution in [2.75, 3.05) is 189 Å². The van der Waals surface area contributed by atoms with Gasteiger partial charge in [0.2, 0.25) is 11.7 Å². The molecule has 734 valence electrons. The van der Waals surface area contributed by atoms with Crippen LogP contribution in [0.1, 0.15) is 161 Å². The third kappa shape index (κ3) is 32.7. The molecule has 35 heteroatoms. The lowest BCUT2D eigenvalue weighted by Crippen LogP contribution is -2.61. The molecule has 6 aliphatic rings. The van der Waals surface area contributed by atoms with E-state index in [-0.39, 0.29) is 73.4 Å². The summed E-state index contributed by atoms with van der Waals surface area (Å²) < 4.78 is 89.3. The molecule has 1 aromatic carbocycles. The second-order valence-electron chi connectivity index (χ2n) is 35.7. The Kier molecular flexibility index (Phi) is 45.0. The molecule has 4 aromatic rings. The standard InChI is InChI=1S/C97H147N11O24/c1-65-18-12-11-13-19-66(2)84(118-9)60-77-28-22-70(6)97(117,132-77)90(113)94(115)108-33-16-14-21-81(108)95(116)131-85(61-82(109)67(3)57-69(5)88(111)89(112)87(110)68(4)56-65)79(98)58-73-23-31-83(86(59-73)119-10)130-37-17-15-20-76-62-105(104-103-76)34-39-121-43-45-123-47-49-125-51-53-127-55-54-126-52-50-124-48-46-122-44-42-120-38-32-99-93(114)75-26-24-74(25-27-75)80-30-29-78-91(100-80)101-96(107-36-41-129-64-72(107)8)102-92(78)106-35-40-128-63-71(106)7/h11-13,18-19,24-27,29-30,57,62,65,67-68,70-73,77,79,81,83-86,88-89,111-112,117H,14-17,20-23,28,31-56,58-61,63-64,98H2,1-10H3,(H,99,114)/b13-11?,18-12+,66-19?,69-57+/t65-,67-,68-,70-,71-,72-,73+,77+,79-,81+,83-,84+,85+,86-,88-,89+,97-/m1/s1. The number of pyridine rings is 1. The largest absolute Gasteiger partial charge is 0.459 e. The highest BCUT2D eigenvalue weighted by molar-refractivity contribution is 6.39. The number of carbonyl (C=O) groups excluding carboxylic acids is 6. The van der Waals surface area contributed by atoms with E-state index in [0.29, 0.717) is 240 Å². The first-order valence-corrected chi connectivity index (χ1v) is 47.6. The first-order valence-electron chi connectivity index (χ1n) is 47.6. The molecule has 10 rings (SSSR count). The van der Waals surface area contributed by atoms with E-state index >= 15 is 0 Å². The van der Waals surface area contributed by atoms with Gasteiger partial charge in [0.15, 0.2) is 11.4 Å². The highest BCUT2D eigenvalue weighted by atomic mass is 16.6. The topological polar surface area (TPSA) is 419 Å². The second-order valence-corrected chi connectivity index (χ2v) is 35.7. The van der Waals surface area contributed by atoms with Gasteiger partial charge in [-0.05, 0) is 158 Å². The zero-order valence-corrected chi connectivity index (χ0v) is 79.3. The Morgan fingerprint density at radius 2 is 1.29 bits per heavy atom. The lowest BCUT2D eigenvalue weighted by atomic mass is 9.80. The van der Waals surface area contributed by atoms with Crippen LogP contribution in [-0.2, 0) is 108 Å². The number of aliphatic hydroxyl groups is 3. The minimum Gasteiger partial charge on any atom is -0.459 e. The van der Waals surface area contributed by atoms with Crippen LogP contribution in [-0.4, -0.2) is 337 Å². The number of esters is 1. The van der Waals surface area contributed by atoms with Crippen molar-refractivity contribution in [1.29, 1.82) is 0 Å². The number of hydrogen-bond acceptors (Lipinski definition) is 32. The van der Waals surface area contributed by atoms with Gasteiger partial charge in [0.1, 0.15) is 36.0 Å². The Balaban J connectivity index is 0.539. The van der Waals surface area contributed by atoms with Crippen LogP contribution in [0.2, 0.25) is 0 Å². The zero-order valence-electron chi connectivity index (χ0n) is 79.3. The number of hydrogen-bond donors (Lipinski definition) is 5. The average molecular weight is 1850 g/mol. The molecule has 1 aliphatic carbocycles. The van der Waals surface area contributed by atoms with Gasteiger partial charge in [0.05, 0.1) is 192 Å². The molecule has 0 radical (unpaired) electrons. The first kappa shape index (κ1) is 106. The molecule has 17 atom stereocenters. The van der Waals surface area contributed by atoms with Crippen LogP contribution in [0, 0.1) is 29.6 Å². The molecule has 2 bridgehead atoms. The van der Waals surface area contributed by atoms with Crippen LogP contribution >= 0.6 is 0 Å². The minimum atomic E-state index is -2.49. The molecular weight excluding hydrogens is 1700 g/mol. The van der Waals surface area contributed by atoms with E-state index in [2.05, 4.69) is 39.3 Å². The first-order chi connectivity index (χ1) is 63.8. The smallest absolute Gasteiger partial charge is 0.329 e. The normalized spacial score (nSPS) is 27.8. The highest BCUT2D eigenvalue weighted by Gasteiger charge is 2.53. The summed E-state index contributed by atoms with van der Waals surface area (Å²) in [6.07, 6.45) is 13.5. The lowest BCUT2D eigenvalue weighted by molar-refractivity contribution is -0.265. The Morgan fingerprint density at radius 3 is 1.93 bits per heavy atom. The summed E-state index contributed by atoms with van der Waals surface area (Å²) in [5.41, 5.74) is 11.7. The fourth-order valence-corrected chi connectivity index (χ4v) is 17.5. The number of ketones is 3. The van der Waals surface area contributed by atoms with Crippen LogP contribution < -0.4 is 20.9 Å². The molecule has 0 spiro atoms. The van der Waals surface area contributed by atoms with Crippen molar-refractivity contribution in [3.05, 3.63) is 101 Å². The molecule has 6 N–H and O–H groups in total. The number of unbranched alkanes of at least 4 members (excludes halogenated alkanes) is 1. The monoisotopic (exact) mass is 1850 g/mol. The van der Waals surface area contributed by atoms with Crippen LogP contribution in [0.15, 0.2) is 90.2 Å². The van der Waals surface area contributed by atoms with E-state index in [1.54, 1.807) is 51.8 Å². The van der Waals surface area contributed by atoms with Crippen molar-refractivity contribution in [2.45, 2.75) is 231 Å². The summed E-state index contributed by atoms with van der Waals surface area (Å²) in [5, 5.41) is 47.1. The van der Waals surface area contributed by atoms with Gasteiger partial charge in [0.25, 0.3) is 17.6 Å². The third-order valence-electron chi connectivity index (χ3n) is 25.5. The van der Waals surface area contributed by atoms with Crippen molar-refractivity contribution in [2.24, 2.45) is 35.3 Å². The molecule has 1 saturated carbocycles. The molecule has 5 aliphatic heterocycles. The van der Waals surface area contributed by atoms with Crippen LogP contribution in [0.4, 0.5) is 11.8 Å². The van der Waals surface area contributed by atoms with Gasteiger partial charge in [-0.3, -0.25) is 24.0 Å². The number of piperidine rings is 1. The summed E-state index contributed by atoms with van der Waals surface area (Å²) in [6.45, 7) is 26.6. The van der Waals surface area contributed by atoms with Gasteiger partial charge in [-0.25, -0.2) is 14.5 Å². The number of methoxy groups -OCH3 is 2. The zero-order chi connectivity index (χ0) is 94.3. The summed E-state index contributed by atoms with van der Waals surface area (Å²) in [5.74, 6) is -7.59. The van der Waals surface area contributed by atoms with Gasteiger partial charge in [-0.15, -0.1) is 5.10 Å². The number of ether oxygens (including phenoxy) is 15. The van der Waals surface area contributed by atoms with E-state index in [1.807, 2.05) is 74.7 Å². The lowest BCUT2D eigenvalue weighted by Gasteiger charge is -2.42. The SMILES string of the molecule is CO[C@H]1C[C@@H]2CC[C@@H](C)[C@@](O)(O2)C(=O)C(=O)N2CCCC[C@H]2C(=O)O[C@H]([C@H](N)C[C@@H]2CC[C@@H](OCCCCc3cn(CCOCCOCCOCCOCCOCCOCCOCCOCCNC(=O)c4ccc(-c5ccc6c(N7CCOC[C@H]7C)nc(N7CCOC[C@H]7C)nc6n5)cc4)nn3)[C@H](OC)C2)CC(=O)[C@H](C)/C=C(\C)[C@@H](O)[C@@H](O)C(=O)[C@H](C)C[C@H](C)/C=C/C=CC=C1C. The summed E-state index contributed by atoms with van der Waals surface area (Å²) in [7, 11) is 3.21. The molecule has 35 nitrogen and oxygen atoms in total. The fourth-order valence-electron chi connectivity index (χ4n) is 17.5. The van der Waals surface area contributed by atoms with Crippen molar-refractivity contribution >= 4 is 57.9 Å². The van der Waals surface area contributed by atoms with Gasteiger partial charge in [0, 0.05) is 101 Å². The molecule has 132 heavy (non-hydrogen) atoms. The summed E-state index contributed by atoms with van der Waals surface area (Å²) in [4.78, 5) is 105. The molecule has 5 fully saturated rings. The number of benzene rings is 1. The van der Waals surface area contributed by atoms with E-state index in [9.17, 15) is 44.1 Å². The van der Waals surface area contributed by atoms with Crippen LogP contribution in [0.5, 0.6) is 0 Å². The number of morpholine rings is 2. The molecule has 0 unspecified atom stereocenters. The van der Waals surface area contributed by atoms with Crippen molar-refractivity contribution < 1.29 is 115 Å². The van der Waals surface area contributed by atoms with E-state index in [0.717, 1.165) is 58.0 Å². The number of aliphatic hydroxyl groups excluding tert-OH is 2. The number of aromatic nitrogens is 6. The maximum absolute atomic E-state index is 14.7. The Hall–Kier alpha value is -7.89. The van der Waals surface area contributed by atoms with Gasteiger partial charge in [-0.2, -0.15) is 9.97 Å². The second kappa shape index (κ2) is 56.0. The number of carbonyl (C=O) groups is 6. The van der Waals surface area contributed by atoms with Gasteiger partial charge in [-0.1, -0.05) is 81.5 Å². The highest BCUT2D eigenvalue weighted by Crippen LogP contribution is 2.39. The van der Waals surface area contributed by atoms with E-state index in [1.165, 1.54) is 13.0 Å². The predicted molar refractivity (Wildman–Crippen MR) is 493 cm³/mol. The number of aryl methyl sites for hydroxylation is 1. The maximum atomic E-state index is 14.7. The molecule has 4 saturated heterocycles. The van der Waals surface area contributed by atoms with Gasteiger partial charge >= 0.3 is 5.97 Å². The molecule has 8 heterocycles. The van der Waals surface area contributed by atoms with E-state index in [4.69, 9.17) is 91.7 Å². The number of anilines is 2. The number of rotatable bonds is 42.